The Kier molecular flexibility index (Phi) is 3.53. The van der Waals surface area contributed by atoms with Crippen molar-refractivity contribution in [2.75, 3.05) is 19.8 Å². The van der Waals surface area contributed by atoms with E-state index in [0.717, 1.165) is 11.2 Å². The van der Waals surface area contributed by atoms with Crippen molar-refractivity contribution in [1.82, 2.24) is 24.5 Å². The molecular formula is C16H17N5O3. The fourth-order valence-electron chi connectivity index (χ4n) is 2.89. The molecule has 0 spiro atoms. The molecule has 1 amide bonds. The largest absolute Gasteiger partial charge is 0.423 e. The molecule has 1 atom stereocenters. The van der Waals surface area contributed by atoms with E-state index in [1.54, 1.807) is 18.0 Å². The van der Waals surface area contributed by atoms with Gasteiger partial charge in [0.25, 0.3) is 5.91 Å². The number of aromatic nitrogens is 4. The van der Waals surface area contributed by atoms with E-state index in [4.69, 9.17) is 9.15 Å². The number of nitrogens with zero attached hydrogens (tertiary/aromatic N) is 5. The Bertz CT molecular complexity index is 900. The molecule has 1 aliphatic heterocycles. The third kappa shape index (κ3) is 2.44. The highest BCUT2D eigenvalue weighted by atomic mass is 16.5. The zero-order chi connectivity index (χ0) is 16.7. The molecule has 4 heterocycles. The van der Waals surface area contributed by atoms with Crippen molar-refractivity contribution in [2.24, 2.45) is 0 Å². The van der Waals surface area contributed by atoms with Crippen LogP contribution < -0.4 is 0 Å². The quantitative estimate of drug-likeness (QED) is 0.710. The number of carbonyl (C=O) groups is 1. The highest BCUT2D eigenvalue weighted by Gasteiger charge is 2.34. The predicted molar refractivity (Wildman–Crippen MR) is 83.6 cm³/mol. The van der Waals surface area contributed by atoms with Crippen molar-refractivity contribution in [1.29, 1.82) is 0 Å². The van der Waals surface area contributed by atoms with Gasteiger partial charge in [-0.1, -0.05) is 6.07 Å². The van der Waals surface area contributed by atoms with Gasteiger partial charge >= 0.3 is 0 Å². The summed E-state index contributed by atoms with van der Waals surface area (Å²) in [6.07, 6.45) is 3.50. The van der Waals surface area contributed by atoms with Crippen LogP contribution in [0.2, 0.25) is 0 Å². The molecule has 3 aromatic heterocycles. The molecular weight excluding hydrogens is 310 g/mol. The fourth-order valence-corrected chi connectivity index (χ4v) is 2.89. The molecule has 0 bridgehead atoms. The van der Waals surface area contributed by atoms with Gasteiger partial charge in [-0.15, -0.1) is 10.2 Å². The van der Waals surface area contributed by atoms with Gasteiger partial charge in [-0.3, -0.25) is 9.20 Å². The van der Waals surface area contributed by atoms with Crippen molar-refractivity contribution in [3.8, 4) is 0 Å². The van der Waals surface area contributed by atoms with E-state index >= 15 is 0 Å². The first kappa shape index (κ1) is 14.8. The van der Waals surface area contributed by atoms with Gasteiger partial charge in [-0.25, -0.2) is 4.98 Å². The lowest BCUT2D eigenvalue weighted by atomic mass is 10.2. The molecule has 1 aliphatic rings. The third-order valence-electron chi connectivity index (χ3n) is 4.09. The number of ether oxygens (including phenoxy) is 1. The fraction of sp³-hybridized carbons (Fsp3) is 0.375. The Morgan fingerprint density at radius 3 is 2.96 bits per heavy atom. The monoisotopic (exact) mass is 327 g/mol. The molecule has 0 unspecified atom stereocenters. The topological polar surface area (TPSA) is 85.8 Å². The SMILES string of the molecule is Cc1ccc2ncc(C(=O)N3CCOC[C@H]3c3nnc(C)o3)n2c1. The number of aryl methyl sites for hydroxylation is 2. The summed E-state index contributed by atoms with van der Waals surface area (Å²) in [7, 11) is 0. The second-order valence-electron chi connectivity index (χ2n) is 5.83. The van der Waals surface area contributed by atoms with Crippen LogP contribution in [0.3, 0.4) is 0 Å². The minimum Gasteiger partial charge on any atom is -0.423 e. The number of fused-ring (bicyclic) bond motifs is 1. The zero-order valence-corrected chi connectivity index (χ0v) is 13.5. The molecule has 1 fully saturated rings. The molecule has 8 nitrogen and oxygen atoms in total. The Morgan fingerprint density at radius 2 is 2.17 bits per heavy atom. The first-order valence-electron chi connectivity index (χ1n) is 7.76. The van der Waals surface area contributed by atoms with Gasteiger partial charge in [-0.05, 0) is 18.6 Å². The standard InChI is InChI=1S/C16H17N5O3/c1-10-3-4-14-17-7-12(21(14)8-10)16(22)20-5-6-23-9-13(20)15-19-18-11(2)24-15/h3-4,7-8,13H,5-6,9H2,1-2H3/t13-/m0/s1. The Hall–Kier alpha value is -2.74. The molecule has 0 saturated carbocycles. The molecule has 124 valence electrons. The maximum Gasteiger partial charge on any atom is 0.273 e. The van der Waals surface area contributed by atoms with Gasteiger partial charge in [0, 0.05) is 19.7 Å². The average molecular weight is 327 g/mol. The summed E-state index contributed by atoms with van der Waals surface area (Å²) in [6, 6.07) is 3.47. The molecule has 8 heteroatoms. The first-order valence-corrected chi connectivity index (χ1v) is 7.76. The van der Waals surface area contributed by atoms with E-state index in [-0.39, 0.29) is 11.9 Å². The molecule has 0 aliphatic carbocycles. The van der Waals surface area contributed by atoms with E-state index in [9.17, 15) is 4.79 Å². The van der Waals surface area contributed by atoms with Crippen LogP contribution in [0.5, 0.6) is 0 Å². The highest BCUT2D eigenvalue weighted by Crippen LogP contribution is 2.25. The van der Waals surface area contributed by atoms with Crippen molar-refractivity contribution < 1.29 is 13.9 Å². The normalized spacial score (nSPS) is 18.2. The number of hydrogen-bond donors (Lipinski definition) is 0. The molecule has 0 aromatic carbocycles. The van der Waals surface area contributed by atoms with Crippen LogP contribution in [-0.4, -0.2) is 50.1 Å². The second-order valence-corrected chi connectivity index (χ2v) is 5.83. The number of imidazole rings is 1. The Balaban J connectivity index is 1.71. The van der Waals surface area contributed by atoms with E-state index < -0.39 is 0 Å². The van der Waals surface area contributed by atoms with Crippen molar-refractivity contribution in [3.63, 3.8) is 0 Å². The number of rotatable bonds is 2. The predicted octanol–water partition coefficient (Wildman–Crippen LogP) is 1.55. The molecule has 4 rings (SSSR count). The minimum absolute atomic E-state index is 0.128. The van der Waals surface area contributed by atoms with Crippen LogP contribution in [0, 0.1) is 13.8 Å². The van der Waals surface area contributed by atoms with Gasteiger partial charge in [0.05, 0.1) is 19.4 Å². The van der Waals surface area contributed by atoms with Crippen molar-refractivity contribution in [3.05, 3.63) is 47.6 Å². The number of hydrogen-bond acceptors (Lipinski definition) is 6. The van der Waals surface area contributed by atoms with E-state index in [0.29, 0.717) is 37.2 Å². The van der Waals surface area contributed by atoms with Crippen molar-refractivity contribution >= 4 is 11.6 Å². The van der Waals surface area contributed by atoms with E-state index in [1.165, 1.54) is 0 Å². The van der Waals surface area contributed by atoms with Crippen LogP contribution in [0.25, 0.3) is 5.65 Å². The van der Waals surface area contributed by atoms with Crippen LogP contribution in [0.15, 0.2) is 28.9 Å². The lowest BCUT2D eigenvalue weighted by Gasteiger charge is -2.33. The summed E-state index contributed by atoms with van der Waals surface area (Å²) in [6.45, 7) is 4.98. The van der Waals surface area contributed by atoms with Crippen LogP contribution >= 0.6 is 0 Å². The number of pyridine rings is 1. The van der Waals surface area contributed by atoms with Crippen molar-refractivity contribution in [2.45, 2.75) is 19.9 Å². The summed E-state index contributed by atoms with van der Waals surface area (Å²) < 4.78 is 12.8. The summed E-state index contributed by atoms with van der Waals surface area (Å²) >= 11 is 0. The van der Waals surface area contributed by atoms with Gasteiger partial charge in [0.2, 0.25) is 11.8 Å². The van der Waals surface area contributed by atoms with Crippen LogP contribution in [0.4, 0.5) is 0 Å². The second kappa shape index (κ2) is 5.72. The number of carbonyl (C=O) groups excluding carboxylic acids is 1. The van der Waals surface area contributed by atoms with E-state index in [1.807, 2.05) is 29.7 Å². The van der Waals surface area contributed by atoms with Crippen LogP contribution in [-0.2, 0) is 4.74 Å². The molecule has 3 aromatic rings. The highest BCUT2D eigenvalue weighted by molar-refractivity contribution is 5.93. The maximum atomic E-state index is 13.1. The lowest BCUT2D eigenvalue weighted by Crippen LogP contribution is -2.44. The summed E-state index contributed by atoms with van der Waals surface area (Å²) in [4.78, 5) is 19.1. The summed E-state index contributed by atoms with van der Waals surface area (Å²) in [5.41, 5.74) is 2.31. The first-order chi connectivity index (χ1) is 11.6. The average Bonchev–Trinajstić information content (AvgIpc) is 3.20. The van der Waals surface area contributed by atoms with Gasteiger partial charge in [-0.2, -0.15) is 0 Å². The van der Waals surface area contributed by atoms with Gasteiger partial charge < -0.3 is 14.1 Å². The molecule has 24 heavy (non-hydrogen) atoms. The third-order valence-corrected chi connectivity index (χ3v) is 4.09. The minimum atomic E-state index is -0.386. The zero-order valence-electron chi connectivity index (χ0n) is 13.5. The lowest BCUT2D eigenvalue weighted by molar-refractivity contribution is -0.0109. The molecule has 1 saturated heterocycles. The number of amides is 1. The van der Waals surface area contributed by atoms with E-state index in [2.05, 4.69) is 15.2 Å². The number of morpholine rings is 1. The smallest absolute Gasteiger partial charge is 0.273 e. The summed E-state index contributed by atoms with van der Waals surface area (Å²) in [5.74, 6) is 0.733. The maximum absolute atomic E-state index is 13.1. The van der Waals surface area contributed by atoms with Gasteiger partial charge in [0.1, 0.15) is 17.4 Å². The Labute approximate surface area is 138 Å². The van der Waals surface area contributed by atoms with Crippen LogP contribution in [0.1, 0.15) is 33.9 Å². The molecule has 0 N–H and O–H groups in total. The Morgan fingerprint density at radius 1 is 1.29 bits per heavy atom. The molecule has 0 radical (unpaired) electrons. The van der Waals surface area contributed by atoms with Gasteiger partial charge in [0.15, 0.2) is 0 Å². The summed E-state index contributed by atoms with van der Waals surface area (Å²) in [5, 5.41) is 7.90.